The van der Waals surface area contributed by atoms with Crippen LogP contribution in [0.2, 0.25) is 5.02 Å². The van der Waals surface area contributed by atoms with E-state index >= 15 is 0 Å². The van der Waals surface area contributed by atoms with Gasteiger partial charge in [0.15, 0.2) is 0 Å². The van der Waals surface area contributed by atoms with Crippen molar-refractivity contribution in [3.8, 4) is 0 Å². The fourth-order valence-corrected chi connectivity index (χ4v) is 4.79. The average Bonchev–Trinajstić information content (AvgIpc) is 2.99. The van der Waals surface area contributed by atoms with E-state index in [0.717, 1.165) is 21.7 Å². The maximum absolute atomic E-state index is 13.2. The smallest absolute Gasteiger partial charge is 0.280 e. The zero-order valence-corrected chi connectivity index (χ0v) is 15.8. The van der Waals surface area contributed by atoms with Crippen molar-refractivity contribution in [3.05, 3.63) is 40.2 Å². The van der Waals surface area contributed by atoms with Crippen molar-refractivity contribution < 1.29 is 17.6 Å². The molecule has 2 atom stereocenters. The first-order valence-electron chi connectivity index (χ1n) is 7.40. The van der Waals surface area contributed by atoms with Crippen LogP contribution in [0, 0.1) is 5.82 Å². The van der Waals surface area contributed by atoms with Gasteiger partial charge in [-0.3, -0.25) is 4.79 Å². The second kappa shape index (κ2) is 7.24. The SMILES string of the molecule is [B]c1cnc(C2CC(C(=O)Nc3ccc(F)c(Cl)c3)N(C)S(=O)(=O)N2)s1. The molecular formula is C14H13BClFN4O3S2. The standard InChI is InChI=1S/C14H13BClFN4O3S2/c1-21-11(13(22)19-7-2-3-9(17)8(16)4-7)5-10(20-26(21,23)24)14-18-6-12(15)25-14/h2-4,6,10-11,20H,5H2,1H3,(H,19,22). The Morgan fingerprint density at radius 3 is 2.88 bits per heavy atom. The molecule has 2 radical (unpaired) electrons. The van der Waals surface area contributed by atoms with E-state index < -0.39 is 34.0 Å². The van der Waals surface area contributed by atoms with E-state index in [1.807, 2.05) is 0 Å². The third-order valence-corrected chi connectivity index (χ3v) is 6.72. The third-order valence-electron chi connectivity index (χ3n) is 3.90. The molecular weight excluding hydrogens is 402 g/mol. The molecule has 1 aliphatic rings. The minimum absolute atomic E-state index is 0.148. The van der Waals surface area contributed by atoms with E-state index in [-0.39, 0.29) is 17.1 Å². The number of amides is 1. The number of carbonyl (C=O) groups is 1. The van der Waals surface area contributed by atoms with Gasteiger partial charge in [0.1, 0.15) is 24.7 Å². The van der Waals surface area contributed by atoms with Crippen LogP contribution in [0.5, 0.6) is 0 Å². The zero-order valence-electron chi connectivity index (χ0n) is 13.4. The lowest BCUT2D eigenvalue weighted by molar-refractivity contribution is -0.120. The number of nitrogens with zero attached hydrogens (tertiary/aromatic N) is 2. The van der Waals surface area contributed by atoms with Gasteiger partial charge in [-0.1, -0.05) is 11.6 Å². The van der Waals surface area contributed by atoms with Gasteiger partial charge in [-0.05, 0) is 29.4 Å². The van der Waals surface area contributed by atoms with E-state index in [9.17, 15) is 17.6 Å². The number of benzene rings is 1. The molecule has 7 nitrogen and oxygen atoms in total. The van der Waals surface area contributed by atoms with Crippen LogP contribution in [0.25, 0.3) is 0 Å². The van der Waals surface area contributed by atoms with Crippen LogP contribution in [-0.2, 0) is 15.0 Å². The first kappa shape index (κ1) is 19.2. The molecule has 0 spiro atoms. The molecule has 1 aromatic carbocycles. The highest BCUT2D eigenvalue weighted by Gasteiger charge is 2.41. The van der Waals surface area contributed by atoms with Gasteiger partial charge in [-0.25, -0.2) is 9.37 Å². The molecule has 2 heterocycles. The van der Waals surface area contributed by atoms with Crippen molar-refractivity contribution in [1.82, 2.24) is 14.0 Å². The number of thiazole rings is 1. The second-order valence-corrected chi connectivity index (χ2v) is 8.92. The van der Waals surface area contributed by atoms with Gasteiger partial charge in [0.05, 0.1) is 11.1 Å². The van der Waals surface area contributed by atoms with Gasteiger partial charge in [0, 0.05) is 18.9 Å². The minimum Gasteiger partial charge on any atom is -0.325 e. The number of nitrogens with one attached hydrogen (secondary N) is 2. The van der Waals surface area contributed by atoms with Gasteiger partial charge in [0.2, 0.25) is 5.91 Å². The van der Waals surface area contributed by atoms with Crippen LogP contribution in [0.3, 0.4) is 0 Å². The molecule has 12 heteroatoms. The number of anilines is 1. The van der Waals surface area contributed by atoms with Crippen molar-refractivity contribution in [2.75, 3.05) is 12.4 Å². The van der Waals surface area contributed by atoms with Gasteiger partial charge in [0.25, 0.3) is 10.2 Å². The van der Waals surface area contributed by atoms with Gasteiger partial charge < -0.3 is 5.32 Å². The summed E-state index contributed by atoms with van der Waals surface area (Å²) in [6, 6.07) is 2.05. The molecule has 2 unspecified atom stereocenters. The predicted octanol–water partition coefficient (Wildman–Crippen LogP) is 0.948. The van der Waals surface area contributed by atoms with E-state index in [1.54, 1.807) is 0 Å². The van der Waals surface area contributed by atoms with Crippen LogP contribution in [0.4, 0.5) is 10.1 Å². The number of rotatable bonds is 3. The summed E-state index contributed by atoms with van der Waals surface area (Å²) in [5.74, 6) is -1.18. The maximum atomic E-state index is 13.2. The summed E-state index contributed by atoms with van der Waals surface area (Å²) in [6.45, 7) is 0. The lowest BCUT2D eigenvalue weighted by Gasteiger charge is -2.35. The highest BCUT2D eigenvalue weighted by molar-refractivity contribution is 7.87. The van der Waals surface area contributed by atoms with E-state index in [4.69, 9.17) is 19.4 Å². The molecule has 136 valence electrons. The number of carbonyl (C=O) groups excluding carboxylic acids is 1. The molecule has 2 N–H and O–H groups in total. The first-order chi connectivity index (χ1) is 12.2. The van der Waals surface area contributed by atoms with Crippen molar-refractivity contribution >= 4 is 57.4 Å². The van der Waals surface area contributed by atoms with E-state index in [2.05, 4.69) is 15.0 Å². The molecule has 1 fully saturated rings. The summed E-state index contributed by atoms with van der Waals surface area (Å²) in [4.78, 5) is 16.7. The third kappa shape index (κ3) is 3.91. The van der Waals surface area contributed by atoms with Crippen molar-refractivity contribution in [2.24, 2.45) is 0 Å². The van der Waals surface area contributed by atoms with Crippen LogP contribution in [-0.4, -0.2) is 44.5 Å². The topological polar surface area (TPSA) is 91.4 Å². The summed E-state index contributed by atoms with van der Waals surface area (Å²) in [7, 11) is 3.06. The molecule has 0 aliphatic carbocycles. The van der Waals surface area contributed by atoms with Crippen LogP contribution >= 0.6 is 22.9 Å². The minimum atomic E-state index is -3.89. The Kier molecular flexibility index (Phi) is 5.36. The molecule has 3 rings (SSSR count). The Morgan fingerprint density at radius 1 is 1.54 bits per heavy atom. The molecule has 26 heavy (non-hydrogen) atoms. The summed E-state index contributed by atoms with van der Waals surface area (Å²) in [5.41, 5.74) is 0.265. The molecule has 0 bridgehead atoms. The molecule has 1 aliphatic heterocycles. The van der Waals surface area contributed by atoms with Crippen LogP contribution < -0.4 is 14.8 Å². The molecule has 2 aromatic rings. The van der Waals surface area contributed by atoms with E-state index in [1.165, 1.54) is 25.4 Å². The predicted molar refractivity (Wildman–Crippen MR) is 98.5 cm³/mol. The number of halogens is 2. The van der Waals surface area contributed by atoms with Crippen LogP contribution in [0.15, 0.2) is 24.4 Å². The fourth-order valence-electron chi connectivity index (χ4n) is 2.53. The first-order valence-corrected chi connectivity index (χ1v) is 10.0. The Labute approximate surface area is 160 Å². The Balaban J connectivity index is 1.83. The van der Waals surface area contributed by atoms with Crippen molar-refractivity contribution in [2.45, 2.75) is 18.5 Å². The quantitative estimate of drug-likeness (QED) is 0.732. The second-order valence-electron chi connectivity index (χ2n) is 5.66. The van der Waals surface area contributed by atoms with Gasteiger partial charge in [-0.2, -0.15) is 17.4 Å². The lowest BCUT2D eigenvalue weighted by Crippen LogP contribution is -2.55. The Morgan fingerprint density at radius 2 is 2.27 bits per heavy atom. The molecule has 1 amide bonds. The van der Waals surface area contributed by atoms with Gasteiger partial charge in [-0.15, -0.1) is 11.3 Å². The largest absolute Gasteiger partial charge is 0.325 e. The average molecular weight is 415 g/mol. The number of likely N-dealkylation sites (N-methyl/N-ethyl adjacent to an activating group) is 1. The molecule has 0 saturated carbocycles. The van der Waals surface area contributed by atoms with Gasteiger partial charge >= 0.3 is 0 Å². The summed E-state index contributed by atoms with van der Waals surface area (Å²) >= 11 is 6.85. The summed E-state index contributed by atoms with van der Waals surface area (Å²) < 4.78 is 41.8. The number of hydrogen-bond acceptors (Lipinski definition) is 5. The normalized spacial score (nSPS) is 22.9. The summed E-state index contributed by atoms with van der Waals surface area (Å²) in [5, 5.41) is 2.89. The lowest BCUT2D eigenvalue weighted by atomic mass is 10.1. The van der Waals surface area contributed by atoms with E-state index in [0.29, 0.717) is 9.78 Å². The maximum Gasteiger partial charge on any atom is 0.280 e. The summed E-state index contributed by atoms with van der Waals surface area (Å²) in [6.07, 6.45) is 1.59. The van der Waals surface area contributed by atoms with Crippen LogP contribution in [0.1, 0.15) is 17.5 Å². The highest BCUT2D eigenvalue weighted by atomic mass is 35.5. The fraction of sp³-hybridized carbons (Fsp3) is 0.286. The Hall–Kier alpha value is -1.53. The Bertz CT molecular complexity index is 955. The molecule has 1 aromatic heterocycles. The molecule has 1 saturated heterocycles. The van der Waals surface area contributed by atoms with Crippen molar-refractivity contribution in [1.29, 1.82) is 0 Å². The monoisotopic (exact) mass is 414 g/mol. The zero-order chi connectivity index (χ0) is 19.1. The highest BCUT2D eigenvalue weighted by Crippen LogP contribution is 2.29. The van der Waals surface area contributed by atoms with Crippen molar-refractivity contribution in [3.63, 3.8) is 0 Å². The number of aromatic nitrogens is 1. The number of hydrogen-bond donors (Lipinski definition) is 2.